The van der Waals surface area contributed by atoms with Gasteiger partial charge in [0.15, 0.2) is 0 Å². The third-order valence-corrected chi connectivity index (χ3v) is 0.611. The van der Waals surface area contributed by atoms with Gasteiger partial charge < -0.3 is 10.5 Å². The Morgan fingerprint density at radius 2 is 1.78 bits per heavy atom. The molecule has 58 valence electrons. The number of rotatable bonds is 4. The van der Waals surface area contributed by atoms with Gasteiger partial charge >= 0.3 is 0 Å². The Kier molecular flexibility index (Phi) is 20.3. The van der Waals surface area contributed by atoms with Crippen LogP contribution in [0, 0.1) is 0 Å². The molecule has 2 N–H and O–H groups in total. The molecule has 0 aliphatic rings. The van der Waals surface area contributed by atoms with E-state index in [2.05, 4.69) is 6.92 Å². The van der Waals surface area contributed by atoms with E-state index in [1.165, 1.54) is 0 Å². The molecular formula is C7H19NO. The van der Waals surface area contributed by atoms with Crippen LogP contribution in [0.25, 0.3) is 0 Å². The summed E-state index contributed by atoms with van der Waals surface area (Å²) in [4.78, 5) is 0. The highest BCUT2D eigenvalue weighted by Gasteiger charge is 1.77. The lowest BCUT2D eigenvalue weighted by atomic mass is 10.5. The zero-order valence-electron chi connectivity index (χ0n) is 6.81. The van der Waals surface area contributed by atoms with Crippen molar-refractivity contribution in [2.45, 2.75) is 27.2 Å². The zero-order chi connectivity index (χ0) is 7.54. The highest BCUT2D eigenvalue weighted by molar-refractivity contribution is 4.29. The lowest BCUT2D eigenvalue weighted by Crippen LogP contribution is -2.08. The van der Waals surface area contributed by atoms with Gasteiger partial charge in [-0.1, -0.05) is 20.8 Å². The third-order valence-electron chi connectivity index (χ3n) is 0.611. The van der Waals surface area contributed by atoms with Crippen LogP contribution in [-0.2, 0) is 4.74 Å². The van der Waals surface area contributed by atoms with E-state index in [9.17, 15) is 0 Å². The molecule has 0 spiro atoms. The summed E-state index contributed by atoms with van der Waals surface area (Å²) in [5, 5.41) is 0. The Bertz CT molecular complexity index is 28.1. The molecule has 0 saturated carbocycles. The average molecular weight is 133 g/mol. The van der Waals surface area contributed by atoms with Crippen LogP contribution in [0.1, 0.15) is 27.2 Å². The van der Waals surface area contributed by atoms with Gasteiger partial charge in [-0.25, -0.2) is 0 Å². The topological polar surface area (TPSA) is 35.2 Å². The normalized spacial score (nSPS) is 8.00. The van der Waals surface area contributed by atoms with Crippen LogP contribution in [0.5, 0.6) is 0 Å². The molecule has 0 aliphatic carbocycles. The van der Waals surface area contributed by atoms with Gasteiger partial charge in [-0.3, -0.25) is 0 Å². The molecule has 0 amide bonds. The van der Waals surface area contributed by atoms with Crippen LogP contribution in [0.3, 0.4) is 0 Å². The largest absolute Gasteiger partial charge is 0.380 e. The summed E-state index contributed by atoms with van der Waals surface area (Å²) in [6, 6.07) is 0. The fourth-order valence-corrected chi connectivity index (χ4v) is 0.330. The molecule has 0 heterocycles. The van der Waals surface area contributed by atoms with Crippen LogP contribution in [0.15, 0.2) is 0 Å². The predicted molar refractivity (Wildman–Crippen MR) is 41.5 cm³/mol. The first-order chi connectivity index (χ1) is 4.41. The second kappa shape index (κ2) is 15.7. The van der Waals surface area contributed by atoms with E-state index in [1.807, 2.05) is 13.8 Å². The van der Waals surface area contributed by atoms with Crippen molar-refractivity contribution in [3.63, 3.8) is 0 Å². The molecule has 0 aliphatic heterocycles. The van der Waals surface area contributed by atoms with Crippen LogP contribution >= 0.6 is 0 Å². The van der Waals surface area contributed by atoms with Gasteiger partial charge in [0, 0.05) is 13.2 Å². The van der Waals surface area contributed by atoms with Crippen molar-refractivity contribution in [3.8, 4) is 0 Å². The van der Waals surface area contributed by atoms with Gasteiger partial charge in [0.1, 0.15) is 0 Å². The quantitative estimate of drug-likeness (QED) is 0.588. The first-order valence-corrected chi connectivity index (χ1v) is 3.69. The summed E-state index contributed by atoms with van der Waals surface area (Å²) < 4.78 is 5.01. The molecule has 0 unspecified atom stereocenters. The summed E-state index contributed by atoms with van der Waals surface area (Å²) >= 11 is 0. The van der Waals surface area contributed by atoms with Crippen molar-refractivity contribution in [3.05, 3.63) is 0 Å². The minimum atomic E-state index is 0.639. The maximum atomic E-state index is 5.14. The van der Waals surface area contributed by atoms with E-state index >= 15 is 0 Å². The molecule has 2 heteroatoms. The molecule has 0 saturated heterocycles. The standard InChI is InChI=1S/C5H13NO.C2H6/c1-2-4-7-5-3-6;1-2/h2-6H2,1H3;1-2H3. The summed E-state index contributed by atoms with van der Waals surface area (Å²) in [6.07, 6.45) is 1.08. The van der Waals surface area contributed by atoms with Crippen LogP contribution in [0.4, 0.5) is 0 Å². The summed E-state index contributed by atoms with van der Waals surface area (Å²) in [7, 11) is 0. The van der Waals surface area contributed by atoms with E-state index in [4.69, 9.17) is 10.5 Å². The van der Waals surface area contributed by atoms with Gasteiger partial charge in [-0.15, -0.1) is 0 Å². The summed E-state index contributed by atoms with van der Waals surface area (Å²) in [5.41, 5.74) is 5.14. The van der Waals surface area contributed by atoms with E-state index < -0.39 is 0 Å². The number of hydrogen-bond acceptors (Lipinski definition) is 2. The smallest absolute Gasteiger partial charge is 0.0588 e. The Labute approximate surface area is 58.4 Å². The maximum absolute atomic E-state index is 5.14. The summed E-state index contributed by atoms with van der Waals surface area (Å²) in [5.74, 6) is 0. The zero-order valence-corrected chi connectivity index (χ0v) is 6.81. The molecule has 0 aromatic carbocycles. The molecule has 9 heavy (non-hydrogen) atoms. The van der Waals surface area contributed by atoms with Gasteiger partial charge in [0.2, 0.25) is 0 Å². The van der Waals surface area contributed by atoms with Gasteiger partial charge in [0.25, 0.3) is 0 Å². The molecule has 0 fully saturated rings. The van der Waals surface area contributed by atoms with Crippen molar-refractivity contribution < 1.29 is 4.74 Å². The fraction of sp³-hybridized carbons (Fsp3) is 1.00. The molecule has 2 nitrogen and oxygen atoms in total. The van der Waals surface area contributed by atoms with E-state index in [-0.39, 0.29) is 0 Å². The Morgan fingerprint density at radius 1 is 1.22 bits per heavy atom. The van der Waals surface area contributed by atoms with E-state index in [0.717, 1.165) is 13.0 Å². The lowest BCUT2D eigenvalue weighted by Gasteiger charge is -1.95. The SMILES string of the molecule is CC.CCCOCCN. The first kappa shape index (κ1) is 11.7. The molecule has 0 radical (unpaired) electrons. The fourth-order valence-electron chi connectivity index (χ4n) is 0.330. The highest BCUT2D eigenvalue weighted by atomic mass is 16.5. The first-order valence-electron chi connectivity index (χ1n) is 3.69. The van der Waals surface area contributed by atoms with Crippen LogP contribution < -0.4 is 5.73 Å². The van der Waals surface area contributed by atoms with Crippen molar-refractivity contribution in [1.29, 1.82) is 0 Å². The van der Waals surface area contributed by atoms with Crippen LogP contribution in [0.2, 0.25) is 0 Å². The third kappa shape index (κ3) is 18.1. The average Bonchev–Trinajstić information content (AvgIpc) is 1.94. The molecule has 0 aromatic rings. The lowest BCUT2D eigenvalue weighted by molar-refractivity contribution is 0.142. The maximum Gasteiger partial charge on any atom is 0.0588 e. The Hall–Kier alpha value is -0.0800. The Balaban J connectivity index is 0. The van der Waals surface area contributed by atoms with Gasteiger partial charge in [0.05, 0.1) is 6.61 Å². The van der Waals surface area contributed by atoms with Gasteiger partial charge in [-0.05, 0) is 6.42 Å². The van der Waals surface area contributed by atoms with Gasteiger partial charge in [-0.2, -0.15) is 0 Å². The monoisotopic (exact) mass is 133 g/mol. The predicted octanol–water partition coefficient (Wildman–Crippen LogP) is 1.40. The molecule has 0 aromatic heterocycles. The molecule has 0 bridgehead atoms. The number of nitrogens with two attached hydrogens (primary N) is 1. The second-order valence-corrected chi connectivity index (χ2v) is 1.40. The minimum Gasteiger partial charge on any atom is -0.380 e. The van der Waals surface area contributed by atoms with E-state index in [0.29, 0.717) is 13.2 Å². The van der Waals surface area contributed by atoms with Crippen LogP contribution in [-0.4, -0.2) is 19.8 Å². The number of hydrogen-bond donors (Lipinski definition) is 1. The second-order valence-electron chi connectivity index (χ2n) is 1.40. The number of ether oxygens (including phenoxy) is 1. The molecule has 0 atom stereocenters. The highest BCUT2D eigenvalue weighted by Crippen LogP contribution is 1.75. The molecular weight excluding hydrogens is 114 g/mol. The van der Waals surface area contributed by atoms with Crippen molar-refractivity contribution >= 4 is 0 Å². The Morgan fingerprint density at radius 3 is 2.11 bits per heavy atom. The van der Waals surface area contributed by atoms with Crippen molar-refractivity contribution in [2.24, 2.45) is 5.73 Å². The van der Waals surface area contributed by atoms with E-state index in [1.54, 1.807) is 0 Å². The van der Waals surface area contributed by atoms with Crippen molar-refractivity contribution in [1.82, 2.24) is 0 Å². The van der Waals surface area contributed by atoms with Crippen molar-refractivity contribution in [2.75, 3.05) is 19.8 Å². The molecule has 0 rings (SSSR count). The summed E-state index contributed by atoms with van der Waals surface area (Å²) in [6.45, 7) is 8.27. The minimum absolute atomic E-state index is 0.639.